The molecule has 0 aliphatic heterocycles. The Morgan fingerprint density at radius 1 is 1.12 bits per heavy atom. The number of carboxylic acid groups (broad SMARTS) is 1. The number of nitrogens with zero attached hydrogens (tertiary/aromatic N) is 1. The maximum atomic E-state index is 11.8. The summed E-state index contributed by atoms with van der Waals surface area (Å²) in [7, 11) is -2.02. The molecule has 5 nitrogen and oxygen atoms in total. The van der Waals surface area contributed by atoms with E-state index in [-0.39, 0.29) is 29.7 Å². The van der Waals surface area contributed by atoms with Crippen molar-refractivity contribution >= 4 is 14.4 Å². The molecule has 6 heteroatoms. The van der Waals surface area contributed by atoms with E-state index in [1.807, 2.05) is 34.6 Å². The lowest BCUT2D eigenvalue weighted by atomic mass is 9.92. The van der Waals surface area contributed by atoms with Crippen LogP contribution in [-0.2, 0) is 4.43 Å². The predicted molar refractivity (Wildman–Crippen MR) is 102 cm³/mol. The van der Waals surface area contributed by atoms with Crippen LogP contribution in [0.1, 0.15) is 61.8 Å². The summed E-state index contributed by atoms with van der Waals surface area (Å²) in [5.74, 6) is 0.136. The van der Waals surface area contributed by atoms with Gasteiger partial charge >= 0.3 is 6.09 Å². The van der Waals surface area contributed by atoms with Crippen LogP contribution in [0.15, 0.2) is 0 Å². The number of hydrogen-bond acceptors (Lipinski definition) is 3. The standard InChI is InChI=1S/C18H39NO4Si/c1-13(2)15(19(16(21)22)17(3,4)5)11-14(12-20)23-24(9,10)18(6,7)8/h13-15,20H,11-12H2,1-10H3,(H,21,22)/t14-,15-/m1/s1. The van der Waals surface area contributed by atoms with Crippen molar-refractivity contribution in [1.29, 1.82) is 0 Å². The molecule has 24 heavy (non-hydrogen) atoms. The Morgan fingerprint density at radius 3 is 1.83 bits per heavy atom. The summed E-state index contributed by atoms with van der Waals surface area (Å²) < 4.78 is 6.34. The minimum atomic E-state index is -2.02. The second-order valence-electron chi connectivity index (χ2n) is 9.55. The van der Waals surface area contributed by atoms with Crippen LogP contribution in [0.25, 0.3) is 0 Å². The van der Waals surface area contributed by atoms with Gasteiger partial charge in [-0.3, -0.25) is 0 Å². The van der Waals surface area contributed by atoms with Gasteiger partial charge in [-0.1, -0.05) is 34.6 Å². The van der Waals surface area contributed by atoms with Gasteiger partial charge < -0.3 is 19.5 Å². The van der Waals surface area contributed by atoms with Crippen molar-refractivity contribution in [2.24, 2.45) is 5.92 Å². The van der Waals surface area contributed by atoms with Crippen LogP contribution >= 0.6 is 0 Å². The highest BCUT2D eigenvalue weighted by atomic mass is 28.4. The largest absolute Gasteiger partial charge is 0.465 e. The Bertz CT molecular complexity index is 410. The van der Waals surface area contributed by atoms with Gasteiger partial charge in [-0.05, 0) is 51.2 Å². The average molecular weight is 362 g/mol. The molecular formula is C18H39NO4Si. The first-order valence-electron chi connectivity index (χ1n) is 8.85. The fraction of sp³-hybridized carbons (Fsp3) is 0.944. The van der Waals surface area contributed by atoms with Crippen LogP contribution in [0.4, 0.5) is 4.79 Å². The van der Waals surface area contributed by atoms with Gasteiger partial charge in [-0.2, -0.15) is 0 Å². The first-order valence-corrected chi connectivity index (χ1v) is 11.8. The van der Waals surface area contributed by atoms with Crippen molar-refractivity contribution in [3.05, 3.63) is 0 Å². The number of amides is 1. The lowest BCUT2D eigenvalue weighted by Gasteiger charge is -2.44. The van der Waals surface area contributed by atoms with Gasteiger partial charge in [0.1, 0.15) is 0 Å². The summed E-state index contributed by atoms with van der Waals surface area (Å²) in [5.41, 5.74) is -0.502. The Hall–Kier alpha value is -0.593. The molecule has 0 bridgehead atoms. The van der Waals surface area contributed by atoms with Crippen molar-refractivity contribution in [1.82, 2.24) is 4.90 Å². The summed E-state index contributed by atoms with van der Waals surface area (Å²) >= 11 is 0. The number of carbonyl (C=O) groups is 1. The fourth-order valence-corrected chi connectivity index (χ4v) is 3.98. The third-order valence-corrected chi connectivity index (χ3v) is 9.54. The van der Waals surface area contributed by atoms with Crippen molar-refractivity contribution < 1.29 is 19.4 Å². The molecule has 0 aromatic heterocycles. The zero-order chi connectivity index (χ0) is 19.5. The van der Waals surface area contributed by atoms with Crippen molar-refractivity contribution in [2.75, 3.05) is 6.61 Å². The first-order chi connectivity index (χ1) is 10.5. The lowest BCUT2D eigenvalue weighted by Crippen LogP contribution is -2.55. The van der Waals surface area contributed by atoms with E-state index in [1.54, 1.807) is 0 Å². The second-order valence-corrected chi connectivity index (χ2v) is 14.3. The zero-order valence-corrected chi connectivity index (χ0v) is 18.3. The number of hydrogen-bond donors (Lipinski definition) is 2. The second kappa shape index (κ2) is 8.19. The molecule has 0 radical (unpaired) electrons. The molecule has 1 amide bonds. The van der Waals surface area contributed by atoms with E-state index >= 15 is 0 Å². The molecule has 0 heterocycles. The van der Waals surface area contributed by atoms with E-state index in [4.69, 9.17) is 4.43 Å². The summed E-state index contributed by atoms with van der Waals surface area (Å²) in [6.07, 6.45) is -0.766. The van der Waals surface area contributed by atoms with E-state index in [1.165, 1.54) is 4.90 Å². The maximum Gasteiger partial charge on any atom is 0.407 e. The molecule has 0 saturated heterocycles. The van der Waals surface area contributed by atoms with Gasteiger partial charge in [0.25, 0.3) is 0 Å². The third-order valence-electron chi connectivity index (χ3n) is 5.01. The highest BCUT2D eigenvalue weighted by molar-refractivity contribution is 6.74. The number of rotatable bonds is 7. The van der Waals surface area contributed by atoms with Crippen LogP contribution in [0.3, 0.4) is 0 Å². The number of aliphatic hydroxyl groups is 1. The SMILES string of the molecule is CC(C)[C@@H](C[C@H](CO)O[Si](C)(C)C(C)(C)C)N(C(=O)O)C(C)(C)C. The minimum absolute atomic E-state index is 0.0459. The summed E-state index contributed by atoms with van der Waals surface area (Å²) in [6, 6.07) is -0.204. The summed E-state index contributed by atoms with van der Waals surface area (Å²) in [6.45, 7) is 20.4. The van der Waals surface area contributed by atoms with Crippen molar-refractivity contribution in [3.63, 3.8) is 0 Å². The highest BCUT2D eigenvalue weighted by Crippen LogP contribution is 2.38. The minimum Gasteiger partial charge on any atom is -0.465 e. The van der Waals surface area contributed by atoms with E-state index in [2.05, 4.69) is 33.9 Å². The lowest BCUT2D eigenvalue weighted by molar-refractivity contribution is 0.0170. The molecular weight excluding hydrogens is 322 g/mol. The molecule has 0 rings (SSSR count). The van der Waals surface area contributed by atoms with E-state index < -0.39 is 19.9 Å². The molecule has 0 aliphatic rings. The topological polar surface area (TPSA) is 70.0 Å². The molecule has 0 unspecified atom stereocenters. The third kappa shape index (κ3) is 6.37. The molecule has 0 spiro atoms. The molecule has 0 aromatic carbocycles. The van der Waals surface area contributed by atoms with Crippen molar-refractivity contribution in [2.45, 2.75) is 97.6 Å². The molecule has 0 aliphatic carbocycles. The zero-order valence-electron chi connectivity index (χ0n) is 17.3. The Labute approximate surface area is 149 Å². The average Bonchev–Trinajstić information content (AvgIpc) is 2.32. The Kier molecular flexibility index (Phi) is 7.99. The van der Waals surface area contributed by atoms with Crippen LogP contribution in [-0.4, -0.2) is 53.8 Å². The first kappa shape index (κ1) is 23.4. The highest BCUT2D eigenvalue weighted by Gasteiger charge is 2.41. The molecule has 144 valence electrons. The monoisotopic (exact) mass is 361 g/mol. The van der Waals surface area contributed by atoms with E-state index in [9.17, 15) is 15.0 Å². The van der Waals surface area contributed by atoms with Gasteiger partial charge in [-0.25, -0.2) is 4.79 Å². The summed E-state index contributed by atoms with van der Waals surface area (Å²) in [5, 5.41) is 19.6. The van der Waals surface area contributed by atoms with Crippen LogP contribution in [0, 0.1) is 5.92 Å². The van der Waals surface area contributed by atoms with Gasteiger partial charge in [0.05, 0.1) is 12.7 Å². The fourth-order valence-electron chi connectivity index (χ4n) is 2.62. The van der Waals surface area contributed by atoms with Gasteiger partial charge in [-0.15, -0.1) is 0 Å². The number of aliphatic hydroxyl groups excluding tert-OH is 1. The normalized spacial score (nSPS) is 16.2. The smallest absolute Gasteiger partial charge is 0.407 e. The van der Waals surface area contributed by atoms with E-state index in [0.29, 0.717) is 6.42 Å². The van der Waals surface area contributed by atoms with Gasteiger partial charge in [0.2, 0.25) is 0 Å². The predicted octanol–water partition coefficient (Wildman–Crippen LogP) is 4.56. The Balaban J connectivity index is 5.46. The maximum absolute atomic E-state index is 11.8. The Morgan fingerprint density at radius 2 is 1.58 bits per heavy atom. The summed E-state index contributed by atoms with van der Waals surface area (Å²) in [4.78, 5) is 13.3. The van der Waals surface area contributed by atoms with Crippen LogP contribution in [0.5, 0.6) is 0 Å². The van der Waals surface area contributed by atoms with Gasteiger partial charge in [0, 0.05) is 11.6 Å². The van der Waals surface area contributed by atoms with E-state index in [0.717, 1.165) is 0 Å². The van der Waals surface area contributed by atoms with Crippen LogP contribution in [0.2, 0.25) is 18.1 Å². The molecule has 0 aromatic rings. The molecule has 2 atom stereocenters. The van der Waals surface area contributed by atoms with Crippen molar-refractivity contribution in [3.8, 4) is 0 Å². The van der Waals surface area contributed by atoms with Crippen LogP contribution < -0.4 is 0 Å². The van der Waals surface area contributed by atoms with Gasteiger partial charge in [0.15, 0.2) is 8.32 Å². The molecule has 0 fully saturated rings. The molecule has 0 saturated carbocycles. The molecule has 2 N–H and O–H groups in total. The quantitative estimate of drug-likeness (QED) is 0.652.